The Balaban J connectivity index is 0.00000342. The topological polar surface area (TPSA) is 257 Å². The molecule has 0 spiro atoms. The van der Waals surface area contributed by atoms with E-state index in [1.54, 1.807) is 0 Å². The molecule has 2 aliphatic rings. The van der Waals surface area contributed by atoms with Crippen molar-refractivity contribution in [3.63, 3.8) is 0 Å². The van der Waals surface area contributed by atoms with Gasteiger partial charge in [0.05, 0.1) is 5.97 Å². The third-order valence-electron chi connectivity index (χ3n) is 4.42. The van der Waals surface area contributed by atoms with Gasteiger partial charge < -0.3 is 41.5 Å². The Kier molecular flexibility index (Phi) is 13.4. The standard InChI is InChI=1S/C17H18N6O9S3.2Na/c18-5(15(28)29)2-33-7-4-34-14-10(13(27)23(14)11(7)16(30)31)21-12(26)9(22-32-1-8(24)25)6-3-35-17(19)20-6;;/h3,5,10,14H,1-2,4,18H2,(H2,19,20)(H,21,26)(H,24,25)(H,28,29)(H,30,31);;/q;2*+1/p-2/b22-9+;;/t5?,10-,14-;;/m1../s1. The van der Waals surface area contributed by atoms with Gasteiger partial charge in [0, 0.05) is 27.7 Å². The SMILES string of the molecule is Nc1nc(/C(=N\OCC(=O)[O-])C([O-])=N[C@@H]2C(=O)N3C(C(=O)O)=C(SCC(N)C(=O)O)CS[C@H]23)cs1.[Na+].[Na+]. The number of aliphatic carboxylic acids is 3. The minimum Gasteiger partial charge on any atom is -0.857 e. The van der Waals surface area contributed by atoms with Gasteiger partial charge >= 0.3 is 71.1 Å². The van der Waals surface area contributed by atoms with E-state index in [4.69, 9.17) is 16.6 Å². The molecule has 3 rings (SSSR count). The van der Waals surface area contributed by atoms with Crippen molar-refractivity contribution in [1.29, 1.82) is 0 Å². The molecule has 1 fully saturated rings. The van der Waals surface area contributed by atoms with Crippen LogP contribution in [-0.4, -0.2) is 91.1 Å². The number of oxime groups is 1. The van der Waals surface area contributed by atoms with E-state index in [9.17, 15) is 34.5 Å². The molecule has 0 aromatic carbocycles. The van der Waals surface area contributed by atoms with Crippen LogP contribution < -0.4 is 80.8 Å². The summed E-state index contributed by atoms with van der Waals surface area (Å²) in [7, 11) is 0. The summed E-state index contributed by atoms with van der Waals surface area (Å²) in [4.78, 5) is 59.6. The third kappa shape index (κ3) is 8.07. The van der Waals surface area contributed by atoms with Crippen molar-refractivity contribution in [2.45, 2.75) is 17.5 Å². The monoisotopic (exact) mass is 590 g/mol. The molecular weight excluding hydrogens is 574 g/mol. The molecular formula is C17H16N6Na2O9S3. The number of hydrogen-bond acceptors (Lipinski definition) is 15. The van der Waals surface area contributed by atoms with E-state index in [-0.39, 0.29) is 92.0 Å². The zero-order chi connectivity index (χ0) is 25.9. The van der Waals surface area contributed by atoms with Gasteiger partial charge in [-0.15, -0.1) is 34.9 Å². The van der Waals surface area contributed by atoms with Gasteiger partial charge in [-0.2, -0.15) is 0 Å². The minimum absolute atomic E-state index is 0. The molecule has 0 bridgehead atoms. The number of thioether (sulfide) groups is 2. The van der Waals surface area contributed by atoms with Crippen molar-refractivity contribution in [2.75, 3.05) is 23.8 Å². The van der Waals surface area contributed by atoms with Crippen LogP contribution in [0.3, 0.4) is 0 Å². The van der Waals surface area contributed by atoms with Crippen molar-refractivity contribution >= 4 is 75.4 Å². The maximum Gasteiger partial charge on any atom is 1.00 e. The summed E-state index contributed by atoms with van der Waals surface area (Å²) in [6.07, 6.45) is 0. The van der Waals surface area contributed by atoms with E-state index in [1.807, 2.05) is 0 Å². The minimum atomic E-state index is -1.59. The van der Waals surface area contributed by atoms with Gasteiger partial charge in [-0.1, -0.05) is 5.16 Å². The molecule has 1 amide bonds. The number of anilines is 1. The van der Waals surface area contributed by atoms with Gasteiger partial charge in [-0.25, -0.2) is 9.78 Å². The van der Waals surface area contributed by atoms with Gasteiger partial charge in [0.2, 0.25) is 0 Å². The van der Waals surface area contributed by atoms with Gasteiger partial charge in [-0.3, -0.25) is 19.5 Å². The van der Waals surface area contributed by atoms with E-state index >= 15 is 0 Å². The molecule has 6 N–H and O–H groups in total. The zero-order valence-corrected chi connectivity index (χ0v) is 25.8. The predicted octanol–water partition coefficient (Wildman–Crippen LogP) is -9.31. The van der Waals surface area contributed by atoms with E-state index in [0.29, 0.717) is 0 Å². The van der Waals surface area contributed by atoms with Crippen molar-refractivity contribution in [3.8, 4) is 0 Å². The fourth-order valence-corrected chi connectivity index (χ4v) is 5.97. The molecule has 3 heterocycles. The molecule has 1 aromatic rings. The molecule has 0 radical (unpaired) electrons. The summed E-state index contributed by atoms with van der Waals surface area (Å²) in [6.45, 7) is -0.955. The first kappa shape index (κ1) is 33.7. The second-order valence-corrected chi connectivity index (χ2v) is 9.89. The van der Waals surface area contributed by atoms with Crippen molar-refractivity contribution < 1.29 is 104 Å². The molecule has 15 nitrogen and oxygen atoms in total. The summed E-state index contributed by atoms with van der Waals surface area (Å²) in [5.74, 6) is -6.08. The zero-order valence-electron chi connectivity index (χ0n) is 19.4. The number of carbonyl (C=O) groups excluding carboxylic acids is 2. The number of amides is 1. The molecule has 1 saturated heterocycles. The number of β-lactam (4-membered cyclic amide) rings is 1. The second kappa shape index (κ2) is 14.7. The molecule has 1 unspecified atom stereocenters. The average Bonchev–Trinajstić information content (AvgIpc) is 3.22. The first-order chi connectivity index (χ1) is 16.5. The van der Waals surface area contributed by atoms with Crippen LogP contribution in [0.5, 0.6) is 0 Å². The molecule has 0 aliphatic carbocycles. The number of fused-ring (bicyclic) bond motifs is 1. The number of nitrogens with zero attached hydrogens (tertiary/aromatic N) is 4. The summed E-state index contributed by atoms with van der Waals surface area (Å²) >= 11 is 3.01. The Bertz CT molecular complexity index is 1160. The molecule has 1 aromatic heterocycles. The van der Waals surface area contributed by atoms with E-state index < -0.39 is 59.5 Å². The molecule has 20 heteroatoms. The number of thiazole rings is 1. The quantitative estimate of drug-likeness (QED) is 0.0614. The smallest absolute Gasteiger partial charge is 0.857 e. The van der Waals surface area contributed by atoms with Crippen LogP contribution in [0.1, 0.15) is 5.69 Å². The number of nitrogen functional groups attached to an aromatic ring is 1. The van der Waals surface area contributed by atoms with E-state index in [0.717, 1.165) is 39.8 Å². The van der Waals surface area contributed by atoms with Gasteiger partial charge in [0.1, 0.15) is 28.5 Å². The Hall–Kier alpha value is -1.35. The van der Waals surface area contributed by atoms with Crippen LogP contribution >= 0.6 is 34.9 Å². The molecule has 2 aliphatic heterocycles. The third-order valence-corrected chi connectivity index (χ3v) is 7.76. The normalized spacial score (nSPS) is 20.1. The number of aromatic nitrogens is 1. The number of nitrogens with two attached hydrogens (primary N) is 2. The van der Waals surface area contributed by atoms with Crippen LogP contribution in [0.25, 0.3) is 0 Å². The van der Waals surface area contributed by atoms with Gasteiger partial charge in [0.15, 0.2) is 17.8 Å². The van der Waals surface area contributed by atoms with E-state index in [2.05, 4.69) is 20.0 Å². The molecule has 3 atom stereocenters. The maximum atomic E-state index is 12.8. The first-order valence-corrected chi connectivity index (χ1v) is 12.3. The largest absolute Gasteiger partial charge is 1.00 e. The number of carboxylic acids is 3. The fraction of sp³-hybridized carbons (Fsp3) is 0.353. The fourth-order valence-electron chi connectivity index (χ4n) is 2.86. The maximum absolute atomic E-state index is 12.8. The Labute approximate surface area is 265 Å². The van der Waals surface area contributed by atoms with Crippen molar-refractivity contribution in [1.82, 2.24) is 9.88 Å². The first-order valence-electron chi connectivity index (χ1n) is 9.39. The van der Waals surface area contributed by atoms with Gasteiger partial charge in [0.25, 0.3) is 5.91 Å². The number of carbonyl (C=O) groups is 4. The van der Waals surface area contributed by atoms with E-state index in [1.165, 1.54) is 5.38 Å². The van der Waals surface area contributed by atoms with Crippen LogP contribution in [0, 0.1) is 0 Å². The number of rotatable bonds is 11. The van der Waals surface area contributed by atoms with Crippen LogP contribution in [0.2, 0.25) is 0 Å². The summed E-state index contributed by atoms with van der Waals surface area (Å²) < 4.78 is 0. The van der Waals surface area contributed by atoms with Crippen LogP contribution in [-0.2, 0) is 24.0 Å². The van der Waals surface area contributed by atoms with Crippen LogP contribution in [0.15, 0.2) is 26.1 Å². The molecule has 37 heavy (non-hydrogen) atoms. The summed E-state index contributed by atoms with van der Waals surface area (Å²) in [6, 6.07) is -2.48. The Morgan fingerprint density at radius 3 is 2.54 bits per heavy atom. The molecule has 188 valence electrons. The summed E-state index contributed by atoms with van der Waals surface area (Å²) in [5.41, 5.74) is 10.1. The Morgan fingerprint density at radius 2 is 2.00 bits per heavy atom. The second-order valence-electron chi connectivity index (χ2n) is 6.78. The van der Waals surface area contributed by atoms with Crippen LogP contribution in [0.4, 0.5) is 5.13 Å². The Morgan fingerprint density at radius 1 is 1.32 bits per heavy atom. The number of carboxylic acid groups (broad SMARTS) is 3. The van der Waals surface area contributed by atoms with Gasteiger partial charge in [-0.05, 0) is 0 Å². The summed E-state index contributed by atoms with van der Waals surface area (Å²) in [5, 5.41) is 46.0. The van der Waals surface area contributed by atoms with Crippen molar-refractivity contribution in [3.05, 3.63) is 21.7 Å². The number of hydrogen-bond donors (Lipinski definition) is 4. The average molecular weight is 591 g/mol. The number of aliphatic imine (C=N–C) groups is 1. The molecule has 0 saturated carbocycles. The van der Waals surface area contributed by atoms with Crippen molar-refractivity contribution in [2.24, 2.45) is 15.9 Å². The predicted molar refractivity (Wildman–Crippen MR) is 121 cm³/mol.